The van der Waals surface area contributed by atoms with E-state index in [0.29, 0.717) is 18.1 Å². The Bertz CT molecular complexity index is 782. The molecule has 3 rings (SSSR count). The predicted molar refractivity (Wildman–Crippen MR) is 101 cm³/mol. The van der Waals surface area contributed by atoms with Gasteiger partial charge < -0.3 is 20.3 Å². The highest BCUT2D eigenvalue weighted by Gasteiger charge is 2.48. The van der Waals surface area contributed by atoms with Gasteiger partial charge in [0, 0.05) is 13.6 Å². The zero-order valence-corrected chi connectivity index (χ0v) is 15.9. The van der Waals surface area contributed by atoms with Crippen molar-refractivity contribution < 1.29 is 19.1 Å². The molecule has 0 radical (unpaired) electrons. The van der Waals surface area contributed by atoms with Crippen LogP contribution in [0.2, 0.25) is 0 Å². The molecule has 0 spiro atoms. The molecule has 2 unspecified atom stereocenters. The number of nitrogens with one attached hydrogen (secondary N) is 1. The Labute approximate surface area is 160 Å². The van der Waals surface area contributed by atoms with Gasteiger partial charge in [0.2, 0.25) is 5.91 Å². The fourth-order valence-corrected chi connectivity index (χ4v) is 3.86. The van der Waals surface area contributed by atoms with E-state index < -0.39 is 30.1 Å². The summed E-state index contributed by atoms with van der Waals surface area (Å²) < 4.78 is 5.16. The highest BCUT2D eigenvalue weighted by atomic mass is 32.2. The van der Waals surface area contributed by atoms with E-state index in [0.717, 1.165) is 11.3 Å². The number of primary amides is 1. The monoisotopic (exact) mass is 391 g/mol. The summed E-state index contributed by atoms with van der Waals surface area (Å²) in [4.78, 5) is 43.2. The zero-order valence-electron chi connectivity index (χ0n) is 15.0. The number of thioether (sulfide) groups is 1. The number of urea groups is 1. The molecule has 0 saturated carbocycles. The number of carbonyl (C=O) groups is 3. The average Bonchev–Trinajstić information content (AvgIpc) is 3.02. The number of ether oxygens (including phenoxy) is 1. The van der Waals surface area contributed by atoms with Crippen LogP contribution < -0.4 is 15.8 Å². The van der Waals surface area contributed by atoms with Gasteiger partial charge in [-0.05, 0) is 24.1 Å². The van der Waals surface area contributed by atoms with Crippen LogP contribution >= 0.6 is 11.8 Å². The highest BCUT2D eigenvalue weighted by molar-refractivity contribution is 8.14. The molecule has 0 aromatic heterocycles. The number of amides is 4. The molecule has 1 aromatic carbocycles. The molecule has 9 nitrogen and oxygen atoms in total. The van der Waals surface area contributed by atoms with Crippen LogP contribution in [0.3, 0.4) is 0 Å². The Morgan fingerprint density at radius 2 is 2.04 bits per heavy atom. The first kappa shape index (κ1) is 19.0. The van der Waals surface area contributed by atoms with Gasteiger partial charge in [0.25, 0.3) is 5.91 Å². The third kappa shape index (κ3) is 4.00. The quantitative estimate of drug-likeness (QED) is 0.705. The first-order chi connectivity index (χ1) is 12.9. The lowest BCUT2D eigenvalue weighted by molar-refractivity contribution is -0.127. The number of nitrogens with two attached hydrogens (primary N) is 1. The summed E-state index contributed by atoms with van der Waals surface area (Å²) in [6.45, 7) is 0.507. The van der Waals surface area contributed by atoms with Crippen molar-refractivity contribution in [2.75, 3.05) is 26.5 Å². The molecule has 1 aromatic rings. The number of rotatable bonds is 6. The molecule has 27 heavy (non-hydrogen) atoms. The maximum atomic E-state index is 12.4. The Balaban J connectivity index is 1.78. The first-order valence-electron chi connectivity index (χ1n) is 8.37. The van der Waals surface area contributed by atoms with Gasteiger partial charge >= 0.3 is 6.03 Å². The van der Waals surface area contributed by atoms with E-state index in [4.69, 9.17) is 10.5 Å². The van der Waals surface area contributed by atoms with E-state index in [1.165, 1.54) is 16.7 Å². The van der Waals surface area contributed by atoms with E-state index >= 15 is 0 Å². The topological polar surface area (TPSA) is 117 Å². The highest BCUT2D eigenvalue weighted by Crippen LogP contribution is 2.28. The number of fused-ring (bicyclic) bond motifs is 1. The Morgan fingerprint density at radius 3 is 2.67 bits per heavy atom. The van der Waals surface area contributed by atoms with Gasteiger partial charge in [-0.1, -0.05) is 23.9 Å². The summed E-state index contributed by atoms with van der Waals surface area (Å²) in [6, 6.07) is 6.55. The minimum atomic E-state index is -0.624. The molecule has 1 saturated heterocycles. The van der Waals surface area contributed by atoms with E-state index in [-0.39, 0.29) is 5.75 Å². The van der Waals surface area contributed by atoms with Crippen molar-refractivity contribution in [1.29, 1.82) is 0 Å². The van der Waals surface area contributed by atoms with Crippen molar-refractivity contribution in [3.05, 3.63) is 29.8 Å². The molecule has 2 heterocycles. The maximum absolute atomic E-state index is 12.4. The van der Waals surface area contributed by atoms with Gasteiger partial charge in [-0.2, -0.15) is 0 Å². The van der Waals surface area contributed by atoms with Crippen molar-refractivity contribution in [3.8, 4) is 5.75 Å². The van der Waals surface area contributed by atoms with E-state index in [9.17, 15) is 14.4 Å². The fourth-order valence-electron chi connectivity index (χ4n) is 3.03. The first-order valence-corrected chi connectivity index (χ1v) is 9.35. The smallest absolute Gasteiger partial charge is 0.325 e. The summed E-state index contributed by atoms with van der Waals surface area (Å²) in [5.41, 5.74) is 6.31. The number of hydrogen-bond donors (Lipinski definition) is 2. The Hall–Kier alpha value is -2.75. The Morgan fingerprint density at radius 1 is 1.33 bits per heavy atom. The normalized spacial score (nSPS) is 21.6. The van der Waals surface area contributed by atoms with Crippen LogP contribution in [-0.4, -0.2) is 71.5 Å². The van der Waals surface area contributed by atoms with Crippen LogP contribution in [0, 0.1) is 0 Å². The lowest BCUT2D eigenvalue weighted by Crippen LogP contribution is -2.63. The second-order valence-electron chi connectivity index (χ2n) is 6.22. The molecule has 2 aliphatic rings. The third-order valence-corrected chi connectivity index (χ3v) is 5.49. The van der Waals surface area contributed by atoms with E-state index in [1.54, 1.807) is 14.2 Å². The largest absolute Gasteiger partial charge is 0.497 e. The maximum Gasteiger partial charge on any atom is 0.325 e. The molecule has 10 heteroatoms. The zero-order chi connectivity index (χ0) is 19.6. The summed E-state index contributed by atoms with van der Waals surface area (Å²) in [7, 11) is 3.20. The second kappa shape index (κ2) is 7.87. The number of nitrogens with zero attached hydrogens (tertiary/aromatic N) is 3. The minimum absolute atomic E-state index is 0.0522. The lowest BCUT2D eigenvalue weighted by atomic mass is 10.1. The number of aliphatic imine (C=N–C) groups is 1. The number of benzene rings is 1. The van der Waals surface area contributed by atoms with Gasteiger partial charge in [-0.3, -0.25) is 14.9 Å². The molecule has 4 amide bonds. The SMILES string of the molecule is COc1ccc(CCN2C(SCC(N)=O)=NC3C2C(=O)NC(=O)N3C)cc1. The van der Waals surface area contributed by atoms with Crippen LogP contribution in [0.15, 0.2) is 29.3 Å². The summed E-state index contributed by atoms with van der Waals surface area (Å²) in [5.74, 6) is -0.0415. The van der Waals surface area contributed by atoms with Crippen LogP contribution in [0.1, 0.15) is 5.56 Å². The van der Waals surface area contributed by atoms with Crippen LogP contribution in [0.4, 0.5) is 4.79 Å². The number of hydrogen-bond acceptors (Lipinski definition) is 7. The Kier molecular flexibility index (Phi) is 5.54. The molecule has 1 fully saturated rings. The minimum Gasteiger partial charge on any atom is -0.497 e. The lowest BCUT2D eigenvalue weighted by Gasteiger charge is -2.36. The molecular weight excluding hydrogens is 370 g/mol. The molecule has 0 bridgehead atoms. The number of carbonyl (C=O) groups excluding carboxylic acids is 3. The number of methoxy groups -OCH3 is 1. The van der Waals surface area contributed by atoms with E-state index in [2.05, 4.69) is 10.3 Å². The summed E-state index contributed by atoms with van der Waals surface area (Å²) >= 11 is 1.18. The summed E-state index contributed by atoms with van der Waals surface area (Å²) in [6.07, 6.45) is 0.0476. The van der Waals surface area contributed by atoms with Crippen molar-refractivity contribution in [1.82, 2.24) is 15.1 Å². The van der Waals surface area contributed by atoms with Crippen molar-refractivity contribution in [2.45, 2.75) is 18.6 Å². The van der Waals surface area contributed by atoms with Crippen molar-refractivity contribution >= 4 is 34.8 Å². The fraction of sp³-hybridized carbons (Fsp3) is 0.412. The predicted octanol–water partition coefficient (Wildman–Crippen LogP) is 0.00410. The van der Waals surface area contributed by atoms with Crippen LogP contribution in [0.5, 0.6) is 5.75 Å². The van der Waals surface area contributed by atoms with E-state index in [1.807, 2.05) is 29.2 Å². The average molecular weight is 391 g/mol. The molecule has 0 aliphatic carbocycles. The summed E-state index contributed by atoms with van der Waals surface area (Å²) in [5, 5.41) is 2.88. The van der Waals surface area contributed by atoms with Gasteiger partial charge in [-0.25, -0.2) is 9.79 Å². The van der Waals surface area contributed by atoms with Gasteiger partial charge in [0.05, 0.1) is 12.9 Å². The van der Waals surface area contributed by atoms with Gasteiger partial charge in [0.15, 0.2) is 17.4 Å². The van der Waals surface area contributed by atoms with Gasteiger partial charge in [0.1, 0.15) is 5.75 Å². The number of likely N-dealkylation sites (N-methyl/N-ethyl adjacent to an activating group) is 1. The van der Waals surface area contributed by atoms with Crippen molar-refractivity contribution in [3.63, 3.8) is 0 Å². The number of amidine groups is 1. The molecule has 3 N–H and O–H groups in total. The number of imide groups is 1. The van der Waals surface area contributed by atoms with Gasteiger partial charge in [-0.15, -0.1) is 0 Å². The van der Waals surface area contributed by atoms with Crippen molar-refractivity contribution in [2.24, 2.45) is 10.7 Å². The molecule has 2 atom stereocenters. The third-order valence-electron chi connectivity index (χ3n) is 4.47. The standard InChI is InChI=1S/C17H21N5O4S/c1-21-14-13(15(24)20-16(21)25)22(17(19-14)27-9-12(18)23)8-7-10-3-5-11(26-2)6-4-10/h3-6,13-14H,7-9H2,1-2H3,(H2,18,23)(H,20,24,25). The molecular formula is C17H21N5O4S. The molecule has 144 valence electrons. The second-order valence-corrected chi connectivity index (χ2v) is 7.16. The van der Waals surface area contributed by atoms with Crippen LogP contribution in [0.25, 0.3) is 0 Å². The molecule has 2 aliphatic heterocycles. The van der Waals surface area contributed by atoms with Crippen LogP contribution in [-0.2, 0) is 16.0 Å².